The van der Waals surface area contributed by atoms with Crippen LogP contribution in [0.15, 0.2) is 35.2 Å². The monoisotopic (exact) mass is 275 g/mol. The van der Waals surface area contributed by atoms with Gasteiger partial charge in [0.1, 0.15) is 5.69 Å². The van der Waals surface area contributed by atoms with Gasteiger partial charge in [-0.05, 0) is 12.1 Å². The van der Waals surface area contributed by atoms with E-state index in [0.717, 1.165) is 5.69 Å². The van der Waals surface area contributed by atoms with Crippen LogP contribution in [0.5, 0.6) is 0 Å². The van der Waals surface area contributed by atoms with Crippen molar-refractivity contribution in [3.05, 3.63) is 35.7 Å². The van der Waals surface area contributed by atoms with Crippen LogP contribution in [0.25, 0.3) is 23.0 Å². The summed E-state index contributed by atoms with van der Waals surface area (Å²) in [4.78, 5) is 8.31. The number of nitrogens with zero attached hydrogens (tertiary/aromatic N) is 4. The van der Waals surface area contributed by atoms with Crippen molar-refractivity contribution in [1.29, 1.82) is 0 Å². The van der Waals surface area contributed by atoms with Gasteiger partial charge in [0.25, 0.3) is 5.89 Å². The molecule has 0 aliphatic rings. The van der Waals surface area contributed by atoms with Crippen LogP contribution >= 0.6 is 11.6 Å². The minimum Gasteiger partial charge on any atom is -0.398 e. The van der Waals surface area contributed by atoms with E-state index in [4.69, 9.17) is 21.9 Å². The summed E-state index contributed by atoms with van der Waals surface area (Å²) in [6, 6.07) is 5.22. The average Bonchev–Trinajstić information content (AvgIpc) is 2.98. The molecule has 2 heterocycles. The Bertz CT molecular complexity index is 713. The molecule has 0 saturated carbocycles. The molecule has 0 aliphatic carbocycles. The second-order valence-electron chi connectivity index (χ2n) is 4.02. The lowest BCUT2D eigenvalue weighted by Gasteiger charge is -2.01. The highest BCUT2D eigenvalue weighted by atomic mass is 35.5. The van der Waals surface area contributed by atoms with Crippen molar-refractivity contribution in [3.8, 4) is 23.0 Å². The summed E-state index contributed by atoms with van der Waals surface area (Å²) in [6.07, 6.45) is 3.32. The van der Waals surface area contributed by atoms with E-state index < -0.39 is 0 Å². The van der Waals surface area contributed by atoms with Crippen LogP contribution in [0.4, 0.5) is 5.69 Å². The summed E-state index contributed by atoms with van der Waals surface area (Å²) in [5, 5.41) is 4.39. The van der Waals surface area contributed by atoms with Crippen LogP contribution in [-0.4, -0.2) is 19.7 Å². The van der Waals surface area contributed by atoms with Crippen LogP contribution in [0.3, 0.4) is 0 Å². The van der Waals surface area contributed by atoms with Gasteiger partial charge in [0, 0.05) is 12.7 Å². The summed E-state index contributed by atoms with van der Waals surface area (Å²) < 4.78 is 7.02. The predicted octanol–water partition coefficient (Wildman–Crippen LogP) is 2.37. The van der Waals surface area contributed by atoms with Crippen molar-refractivity contribution in [1.82, 2.24) is 19.7 Å². The van der Waals surface area contributed by atoms with Gasteiger partial charge in [-0.25, -0.2) is 4.98 Å². The van der Waals surface area contributed by atoms with Gasteiger partial charge in [-0.2, -0.15) is 4.98 Å². The Balaban J connectivity index is 2.10. The van der Waals surface area contributed by atoms with Crippen LogP contribution < -0.4 is 5.73 Å². The lowest BCUT2D eigenvalue weighted by molar-refractivity contribution is 0.432. The lowest BCUT2D eigenvalue weighted by Crippen LogP contribution is -1.92. The largest absolute Gasteiger partial charge is 0.398 e. The van der Waals surface area contributed by atoms with Gasteiger partial charge in [0.15, 0.2) is 0 Å². The van der Waals surface area contributed by atoms with Crippen molar-refractivity contribution in [2.24, 2.45) is 7.05 Å². The zero-order valence-corrected chi connectivity index (χ0v) is 10.8. The fraction of sp³-hybridized carbons (Fsp3) is 0.0833. The summed E-state index contributed by atoms with van der Waals surface area (Å²) in [5.41, 5.74) is 7.67. The number of hydrogen-bond acceptors (Lipinski definition) is 5. The topological polar surface area (TPSA) is 82.8 Å². The Morgan fingerprint density at radius 1 is 1.37 bits per heavy atom. The molecule has 0 atom stereocenters. The molecule has 2 aromatic heterocycles. The maximum absolute atomic E-state index is 6.10. The number of anilines is 1. The van der Waals surface area contributed by atoms with Crippen LogP contribution in [-0.2, 0) is 7.05 Å². The molecule has 0 unspecified atom stereocenters. The molecule has 0 amide bonds. The first kappa shape index (κ1) is 11.7. The SMILES string of the molecule is Cn1cncc1-c1noc(-c2c(N)cccc2Cl)n1. The summed E-state index contributed by atoms with van der Waals surface area (Å²) in [5.74, 6) is 0.730. The molecule has 2 N–H and O–H groups in total. The molecule has 0 fully saturated rings. The number of nitrogen functional groups attached to an aromatic ring is 1. The zero-order chi connectivity index (χ0) is 13.4. The van der Waals surface area contributed by atoms with Crippen molar-refractivity contribution < 1.29 is 4.52 Å². The first-order valence-electron chi connectivity index (χ1n) is 5.51. The number of aromatic nitrogens is 4. The highest BCUT2D eigenvalue weighted by Gasteiger charge is 2.17. The minimum atomic E-state index is 0.291. The third kappa shape index (κ3) is 1.96. The molecule has 0 radical (unpaired) electrons. The third-order valence-electron chi connectivity index (χ3n) is 2.73. The molecular formula is C12H10ClN5O. The number of aryl methyl sites for hydroxylation is 1. The van der Waals surface area contributed by atoms with Gasteiger partial charge in [-0.1, -0.05) is 22.8 Å². The number of imidazole rings is 1. The Kier molecular flexibility index (Phi) is 2.72. The van der Waals surface area contributed by atoms with Crippen LogP contribution in [0, 0.1) is 0 Å². The highest BCUT2D eigenvalue weighted by Crippen LogP contribution is 2.32. The zero-order valence-electron chi connectivity index (χ0n) is 10.0. The molecule has 1 aromatic carbocycles. The van der Waals surface area contributed by atoms with Crippen LogP contribution in [0.1, 0.15) is 0 Å². The summed E-state index contributed by atoms with van der Waals surface area (Å²) in [6.45, 7) is 0. The van der Waals surface area contributed by atoms with E-state index in [1.807, 2.05) is 7.05 Å². The smallest absolute Gasteiger partial charge is 0.261 e. The van der Waals surface area contributed by atoms with Gasteiger partial charge in [-0.15, -0.1) is 0 Å². The van der Waals surface area contributed by atoms with E-state index in [1.54, 1.807) is 35.3 Å². The van der Waals surface area contributed by atoms with E-state index in [-0.39, 0.29) is 0 Å². The molecule has 6 nitrogen and oxygen atoms in total. The fourth-order valence-corrected chi connectivity index (χ4v) is 2.03. The van der Waals surface area contributed by atoms with Gasteiger partial charge < -0.3 is 14.8 Å². The molecule has 19 heavy (non-hydrogen) atoms. The maximum Gasteiger partial charge on any atom is 0.261 e. The lowest BCUT2D eigenvalue weighted by atomic mass is 10.2. The van der Waals surface area contributed by atoms with E-state index in [1.165, 1.54) is 0 Å². The van der Waals surface area contributed by atoms with Crippen molar-refractivity contribution >= 4 is 17.3 Å². The van der Waals surface area contributed by atoms with E-state index in [2.05, 4.69) is 15.1 Å². The molecule has 0 aliphatic heterocycles. The first-order valence-corrected chi connectivity index (χ1v) is 5.89. The van der Waals surface area contributed by atoms with E-state index >= 15 is 0 Å². The minimum absolute atomic E-state index is 0.291. The Morgan fingerprint density at radius 2 is 2.21 bits per heavy atom. The standard InChI is InChI=1S/C12H10ClN5O/c1-18-6-15-5-9(18)11-16-12(19-17-11)10-7(13)3-2-4-8(10)14/h2-6H,14H2,1H3. The number of nitrogens with two attached hydrogens (primary N) is 1. The second-order valence-corrected chi connectivity index (χ2v) is 4.42. The summed E-state index contributed by atoms with van der Waals surface area (Å²) >= 11 is 6.10. The molecule has 96 valence electrons. The maximum atomic E-state index is 6.10. The van der Waals surface area contributed by atoms with Crippen LogP contribution in [0.2, 0.25) is 5.02 Å². The molecule has 3 aromatic rings. The van der Waals surface area contributed by atoms with Crippen molar-refractivity contribution in [2.75, 3.05) is 5.73 Å². The summed E-state index contributed by atoms with van der Waals surface area (Å²) in [7, 11) is 1.85. The average molecular weight is 276 g/mol. The predicted molar refractivity (Wildman–Crippen MR) is 71.4 cm³/mol. The molecular weight excluding hydrogens is 266 g/mol. The molecule has 0 saturated heterocycles. The number of halogens is 1. The van der Waals surface area contributed by atoms with E-state index in [0.29, 0.717) is 28.0 Å². The van der Waals surface area contributed by atoms with Gasteiger partial charge in [0.2, 0.25) is 5.82 Å². The van der Waals surface area contributed by atoms with Crippen molar-refractivity contribution in [3.63, 3.8) is 0 Å². The fourth-order valence-electron chi connectivity index (χ4n) is 1.77. The third-order valence-corrected chi connectivity index (χ3v) is 3.05. The highest BCUT2D eigenvalue weighted by molar-refractivity contribution is 6.33. The molecule has 0 spiro atoms. The Labute approximate surface area is 113 Å². The molecule has 0 bridgehead atoms. The second kappa shape index (κ2) is 4.40. The number of rotatable bonds is 2. The van der Waals surface area contributed by atoms with Crippen molar-refractivity contribution in [2.45, 2.75) is 0 Å². The van der Waals surface area contributed by atoms with Gasteiger partial charge in [-0.3, -0.25) is 0 Å². The Hall–Kier alpha value is -2.34. The van der Waals surface area contributed by atoms with Gasteiger partial charge >= 0.3 is 0 Å². The van der Waals surface area contributed by atoms with E-state index in [9.17, 15) is 0 Å². The first-order chi connectivity index (χ1) is 9.16. The van der Waals surface area contributed by atoms with Gasteiger partial charge in [0.05, 0.1) is 23.1 Å². The Morgan fingerprint density at radius 3 is 2.89 bits per heavy atom. The number of benzene rings is 1. The quantitative estimate of drug-likeness (QED) is 0.726. The molecule has 7 heteroatoms. The normalized spacial score (nSPS) is 10.8. The molecule has 3 rings (SSSR count). The number of hydrogen-bond donors (Lipinski definition) is 1.